The highest BCUT2D eigenvalue weighted by molar-refractivity contribution is 5.44. The minimum atomic E-state index is 0.685. The molecule has 2 aromatic rings. The van der Waals surface area contributed by atoms with Gasteiger partial charge < -0.3 is 14.8 Å². The van der Waals surface area contributed by atoms with Crippen LogP contribution in [0, 0.1) is 0 Å². The number of ether oxygens (including phenoxy) is 2. The van der Waals surface area contributed by atoms with Crippen molar-refractivity contribution in [3.63, 3.8) is 0 Å². The van der Waals surface area contributed by atoms with E-state index in [9.17, 15) is 0 Å². The predicted octanol–water partition coefficient (Wildman–Crippen LogP) is 2.21. The van der Waals surface area contributed by atoms with Crippen LogP contribution in [0.25, 0.3) is 0 Å². The summed E-state index contributed by atoms with van der Waals surface area (Å²) in [5.41, 5.74) is 2.20. The Morgan fingerprint density at radius 3 is 2.40 bits per heavy atom. The molecule has 0 saturated heterocycles. The van der Waals surface area contributed by atoms with Crippen molar-refractivity contribution in [1.29, 1.82) is 0 Å². The lowest BCUT2D eigenvalue weighted by molar-refractivity contribution is 0.382. The Balaban J connectivity index is 1.99. The Morgan fingerprint density at radius 2 is 1.85 bits per heavy atom. The van der Waals surface area contributed by atoms with Gasteiger partial charge in [0.1, 0.15) is 11.5 Å². The van der Waals surface area contributed by atoms with Crippen molar-refractivity contribution in [3.05, 3.63) is 41.7 Å². The molecule has 0 radical (unpaired) electrons. The van der Waals surface area contributed by atoms with Gasteiger partial charge in [-0.3, -0.25) is 4.68 Å². The Morgan fingerprint density at radius 1 is 1.15 bits per heavy atom. The average Bonchev–Trinajstić information content (AvgIpc) is 2.95. The Bertz CT molecular complexity index is 530. The lowest BCUT2D eigenvalue weighted by Gasteiger charge is -2.13. The summed E-state index contributed by atoms with van der Waals surface area (Å²) in [6, 6.07) is 5.80. The molecular weight excluding hydrogens is 254 g/mol. The first-order valence-corrected chi connectivity index (χ1v) is 6.70. The van der Waals surface area contributed by atoms with Crippen molar-refractivity contribution >= 4 is 0 Å². The van der Waals surface area contributed by atoms with Crippen LogP contribution in [0.15, 0.2) is 30.6 Å². The first-order chi connectivity index (χ1) is 9.78. The number of aryl methyl sites for hydroxylation is 1. The Hall–Kier alpha value is -2.01. The second kappa shape index (κ2) is 6.96. The van der Waals surface area contributed by atoms with Gasteiger partial charge in [-0.05, 0) is 19.1 Å². The number of hydrogen-bond acceptors (Lipinski definition) is 4. The smallest absolute Gasteiger partial charge is 0.127 e. The van der Waals surface area contributed by atoms with Crippen LogP contribution in [-0.2, 0) is 19.6 Å². The lowest BCUT2D eigenvalue weighted by atomic mass is 10.1. The van der Waals surface area contributed by atoms with Gasteiger partial charge in [0.05, 0.1) is 20.4 Å². The maximum atomic E-state index is 5.38. The Labute approximate surface area is 119 Å². The van der Waals surface area contributed by atoms with E-state index < -0.39 is 0 Å². The second-order valence-electron chi connectivity index (χ2n) is 4.45. The molecule has 0 spiro atoms. The molecule has 0 unspecified atom stereocenters. The molecule has 0 atom stereocenters. The van der Waals surface area contributed by atoms with Crippen molar-refractivity contribution in [3.8, 4) is 11.5 Å². The van der Waals surface area contributed by atoms with Crippen LogP contribution >= 0.6 is 0 Å². The molecule has 0 fully saturated rings. The maximum Gasteiger partial charge on any atom is 0.127 e. The van der Waals surface area contributed by atoms with Gasteiger partial charge in [0, 0.05) is 37.0 Å². The summed E-state index contributed by atoms with van der Waals surface area (Å²) in [6.45, 7) is 4.41. The highest BCUT2D eigenvalue weighted by Crippen LogP contribution is 2.27. The van der Waals surface area contributed by atoms with Gasteiger partial charge in [-0.25, -0.2) is 0 Å². The fourth-order valence-electron chi connectivity index (χ4n) is 2.10. The monoisotopic (exact) mass is 275 g/mol. The third kappa shape index (κ3) is 3.30. The van der Waals surface area contributed by atoms with E-state index in [1.807, 2.05) is 35.3 Å². The van der Waals surface area contributed by atoms with Gasteiger partial charge in [0.25, 0.3) is 0 Å². The van der Waals surface area contributed by atoms with Gasteiger partial charge in [0.15, 0.2) is 0 Å². The van der Waals surface area contributed by atoms with Gasteiger partial charge >= 0.3 is 0 Å². The number of aromatic nitrogens is 2. The molecule has 5 nitrogen and oxygen atoms in total. The standard InChI is InChI=1S/C15H21N3O2/c1-4-18-11-12(9-17-18)8-16-10-13-14(19-2)6-5-7-15(13)20-3/h5-7,9,11,16H,4,8,10H2,1-3H3. The zero-order valence-corrected chi connectivity index (χ0v) is 12.2. The van der Waals surface area contributed by atoms with Crippen LogP contribution in [0.1, 0.15) is 18.1 Å². The summed E-state index contributed by atoms with van der Waals surface area (Å²) in [7, 11) is 3.34. The van der Waals surface area contributed by atoms with Gasteiger partial charge in [-0.2, -0.15) is 5.10 Å². The average molecular weight is 275 g/mol. The fraction of sp³-hybridized carbons (Fsp3) is 0.400. The van der Waals surface area contributed by atoms with Gasteiger partial charge in [0.2, 0.25) is 0 Å². The number of hydrogen-bond donors (Lipinski definition) is 1. The third-order valence-electron chi connectivity index (χ3n) is 3.17. The van der Waals surface area contributed by atoms with Crippen LogP contribution < -0.4 is 14.8 Å². The molecule has 1 N–H and O–H groups in total. The zero-order valence-electron chi connectivity index (χ0n) is 12.2. The minimum absolute atomic E-state index is 0.685. The SMILES string of the molecule is CCn1cc(CNCc2c(OC)cccc2OC)cn1. The van der Waals surface area contributed by atoms with Gasteiger partial charge in [-0.15, -0.1) is 0 Å². The summed E-state index contributed by atoms with van der Waals surface area (Å²) < 4.78 is 12.7. The van der Waals surface area contributed by atoms with Crippen molar-refractivity contribution in [2.24, 2.45) is 0 Å². The third-order valence-corrected chi connectivity index (χ3v) is 3.17. The highest BCUT2D eigenvalue weighted by Gasteiger charge is 2.09. The molecule has 20 heavy (non-hydrogen) atoms. The van der Waals surface area contributed by atoms with E-state index in [0.717, 1.165) is 30.2 Å². The molecule has 0 aliphatic rings. The minimum Gasteiger partial charge on any atom is -0.496 e. The van der Waals surface area contributed by atoms with E-state index in [4.69, 9.17) is 9.47 Å². The normalized spacial score (nSPS) is 10.6. The van der Waals surface area contributed by atoms with Crippen molar-refractivity contribution in [2.75, 3.05) is 14.2 Å². The highest BCUT2D eigenvalue weighted by atomic mass is 16.5. The van der Waals surface area contributed by atoms with E-state index in [1.165, 1.54) is 5.56 Å². The molecule has 1 heterocycles. The van der Waals surface area contributed by atoms with Crippen molar-refractivity contribution in [1.82, 2.24) is 15.1 Å². The number of nitrogens with zero attached hydrogens (tertiary/aromatic N) is 2. The quantitative estimate of drug-likeness (QED) is 0.841. The second-order valence-corrected chi connectivity index (χ2v) is 4.45. The van der Waals surface area contributed by atoms with Crippen LogP contribution in [0.5, 0.6) is 11.5 Å². The zero-order chi connectivity index (χ0) is 14.4. The van der Waals surface area contributed by atoms with Crippen LogP contribution in [0.2, 0.25) is 0 Å². The first-order valence-electron chi connectivity index (χ1n) is 6.70. The van der Waals surface area contributed by atoms with E-state index in [0.29, 0.717) is 6.54 Å². The molecule has 0 saturated carbocycles. The Kier molecular flexibility index (Phi) is 5.01. The topological polar surface area (TPSA) is 48.3 Å². The largest absolute Gasteiger partial charge is 0.496 e. The molecule has 1 aromatic heterocycles. The maximum absolute atomic E-state index is 5.38. The molecule has 108 valence electrons. The molecule has 5 heteroatoms. The van der Waals surface area contributed by atoms with E-state index in [1.54, 1.807) is 14.2 Å². The number of benzene rings is 1. The summed E-state index contributed by atoms with van der Waals surface area (Å²) in [4.78, 5) is 0. The number of nitrogens with one attached hydrogen (secondary N) is 1. The van der Waals surface area contributed by atoms with Crippen molar-refractivity contribution < 1.29 is 9.47 Å². The van der Waals surface area contributed by atoms with Crippen LogP contribution in [-0.4, -0.2) is 24.0 Å². The number of methoxy groups -OCH3 is 2. The molecule has 0 aliphatic carbocycles. The number of rotatable bonds is 7. The summed E-state index contributed by atoms with van der Waals surface area (Å²) in [5, 5.41) is 7.65. The van der Waals surface area contributed by atoms with Crippen molar-refractivity contribution in [2.45, 2.75) is 26.6 Å². The molecular formula is C15H21N3O2. The summed E-state index contributed by atoms with van der Waals surface area (Å²) in [6.07, 6.45) is 3.93. The molecule has 0 aliphatic heterocycles. The van der Waals surface area contributed by atoms with Crippen LogP contribution in [0.3, 0.4) is 0 Å². The first kappa shape index (κ1) is 14.4. The molecule has 0 bridgehead atoms. The molecule has 0 amide bonds. The molecule has 2 rings (SSSR count). The predicted molar refractivity (Wildman–Crippen MR) is 78.0 cm³/mol. The van der Waals surface area contributed by atoms with Gasteiger partial charge in [-0.1, -0.05) is 6.07 Å². The summed E-state index contributed by atoms with van der Waals surface area (Å²) >= 11 is 0. The lowest BCUT2D eigenvalue weighted by Crippen LogP contribution is -2.14. The molecule has 1 aromatic carbocycles. The van der Waals surface area contributed by atoms with E-state index >= 15 is 0 Å². The fourth-order valence-corrected chi connectivity index (χ4v) is 2.10. The summed E-state index contributed by atoms with van der Waals surface area (Å²) in [5.74, 6) is 1.67. The van der Waals surface area contributed by atoms with Crippen LogP contribution in [0.4, 0.5) is 0 Å². The van der Waals surface area contributed by atoms with E-state index in [2.05, 4.69) is 17.3 Å². The van der Waals surface area contributed by atoms with E-state index in [-0.39, 0.29) is 0 Å².